The lowest BCUT2D eigenvalue weighted by molar-refractivity contribution is -0.385. The van der Waals surface area contributed by atoms with E-state index in [1.807, 2.05) is 0 Å². The SMILES string of the molecule is CNc1ncnc(Oc2ccc([N+](=O)[O-])c(C)c2)c1OC. The average Bonchev–Trinajstić information content (AvgIpc) is 2.46. The van der Waals surface area contributed by atoms with Crippen LogP contribution in [0.5, 0.6) is 17.4 Å². The topological polar surface area (TPSA) is 99.4 Å². The molecule has 0 radical (unpaired) electrons. The van der Waals surface area contributed by atoms with E-state index in [-0.39, 0.29) is 11.6 Å². The Morgan fingerprint density at radius 1 is 1.33 bits per heavy atom. The molecule has 0 saturated carbocycles. The standard InChI is InChI=1S/C13H14N4O4/c1-8-6-9(4-5-10(8)17(18)19)21-13-11(20-3)12(14-2)15-7-16-13/h4-7H,1-3H3,(H,14,15,16). The number of benzene rings is 1. The van der Waals surface area contributed by atoms with Gasteiger partial charge in [-0.2, -0.15) is 4.98 Å². The number of hydrogen-bond donors (Lipinski definition) is 1. The van der Waals surface area contributed by atoms with Gasteiger partial charge in [0.1, 0.15) is 12.1 Å². The highest BCUT2D eigenvalue weighted by atomic mass is 16.6. The number of anilines is 1. The minimum Gasteiger partial charge on any atom is -0.489 e. The fourth-order valence-corrected chi connectivity index (χ4v) is 1.80. The first-order chi connectivity index (χ1) is 10.1. The van der Waals surface area contributed by atoms with Crippen LogP contribution in [0.1, 0.15) is 5.56 Å². The van der Waals surface area contributed by atoms with Crippen molar-refractivity contribution in [3.8, 4) is 17.4 Å². The van der Waals surface area contributed by atoms with E-state index in [0.29, 0.717) is 22.9 Å². The molecule has 0 spiro atoms. The van der Waals surface area contributed by atoms with Crippen LogP contribution in [0.15, 0.2) is 24.5 Å². The van der Waals surface area contributed by atoms with Crippen molar-refractivity contribution in [2.75, 3.05) is 19.5 Å². The summed E-state index contributed by atoms with van der Waals surface area (Å²) in [5.41, 5.74) is 0.535. The van der Waals surface area contributed by atoms with Crippen LogP contribution in [0.2, 0.25) is 0 Å². The molecule has 8 heteroatoms. The lowest BCUT2D eigenvalue weighted by atomic mass is 10.2. The Morgan fingerprint density at radius 2 is 2.10 bits per heavy atom. The molecule has 21 heavy (non-hydrogen) atoms. The van der Waals surface area contributed by atoms with E-state index >= 15 is 0 Å². The summed E-state index contributed by atoms with van der Waals surface area (Å²) in [5, 5.41) is 13.7. The molecule has 1 aromatic carbocycles. The Bertz CT molecular complexity index is 675. The Balaban J connectivity index is 2.34. The van der Waals surface area contributed by atoms with E-state index in [9.17, 15) is 10.1 Å². The molecule has 0 atom stereocenters. The summed E-state index contributed by atoms with van der Waals surface area (Å²) in [5.74, 6) is 1.50. The smallest absolute Gasteiger partial charge is 0.272 e. The first-order valence-electron chi connectivity index (χ1n) is 6.06. The monoisotopic (exact) mass is 290 g/mol. The van der Waals surface area contributed by atoms with E-state index in [4.69, 9.17) is 9.47 Å². The molecule has 0 amide bonds. The van der Waals surface area contributed by atoms with Crippen LogP contribution in [0.3, 0.4) is 0 Å². The van der Waals surface area contributed by atoms with Crippen molar-refractivity contribution in [1.29, 1.82) is 0 Å². The second-order valence-electron chi connectivity index (χ2n) is 4.12. The van der Waals surface area contributed by atoms with Crippen LogP contribution >= 0.6 is 0 Å². The first kappa shape index (κ1) is 14.5. The zero-order valence-corrected chi connectivity index (χ0v) is 11.8. The molecule has 2 aromatic rings. The Labute approximate surface area is 120 Å². The molecule has 0 saturated heterocycles. The van der Waals surface area contributed by atoms with Gasteiger partial charge in [-0.1, -0.05) is 0 Å². The van der Waals surface area contributed by atoms with Gasteiger partial charge in [0, 0.05) is 18.7 Å². The molecular weight excluding hydrogens is 276 g/mol. The highest BCUT2D eigenvalue weighted by Crippen LogP contribution is 2.34. The van der Waals surface area contributed by atoms with Gasteiger partial charge in [-0.25, -0.2) is 4.98 Å². The minimum atomic E-state index is -0.441. The molecule has 0 fully saturated rings. The lowest BCUT2D eigenvalue weighted by Gasteiger charge is -2.11. The van der Waals surface area contributed by atoms with Gasteiger partial charge in [0.2, 0.25) is 5.75 Å². The highest BCUT2D eigenvalue weighted by Gasteiger charge is 2.15. The maximum atomic E-state index is 10.8. The molecule has 0 aliphatic heterocycles. The van der Waals surface area contributed by atoms with Gasteiger partial charge >= 0.3 is 0 Å². The number of ether oxygens (including phenoxy) is 2. The van der Waals surface area contributed by atoms with Gasteiger partial charge in [-0.15, -0.1) is 0 Å². The molecule has 110 valence electrons. The first-order valence-corrected chi connectivity index (χ1v) is 6.06. The van der Waals surface area contributed by atoms with E-state index in [2.05, 4.69) is 15.3 Å². The molecular formula is C13H14N4O4. The Kier molecular flexibility index (Phi) is 4.17. The summed E-state index contributed by atoms with van der Waals surface area (Å²) in [6, 6.07) is 4.46. The van der Waals surface area contributed by atoms with E-state index in [1.54, 1.807) is 20.0 Å². The van der Waals surface area contributed by atoms with Crippen molar-refractivity contribution < 1.29 is 14.4 Å². The van der Waals surface area contributed by atoms with Crippen LogP contribution in [0.4, 0.5) is 11.5 Å². The molecule has 0 bridgehead atoms. The van der Waals surface area contributed by atoms with Crippen molar-refractivity contribution in [2.24, 2.45) is 0 Å². The third-order valence-corrected chi connectivity index (χ3v) is 2.79. The number of rotatable bonds is 5. The molecule has 0 aliphatic rings. The average molecular weight is 290 g/mol. The van der Waals surface area contributed by atoms with Gasteiger partial charge in [-0.3, -0.25) is 10.1 Å². The number of nitrogens with zero attached hydrogens (tertiary/aromatic N) is 3. The van der Waals surface area contributed by atoms with Crippen molar-refractivity contribution in [3.05, 3.63) is 40.2 Å². The summed E-state index contributed by atoms with van der Waals surface area (Å²) in [7, 11) is 3.18. The number of nitro groups is 1. The Hall–Kier alpha value is -2.90. The quantitative estimate of drug-likeness (QED) is 0.667. The van der Waals surface area contributed by atoms with Gasteiger partial charge in [0.15, 0.2) is 5.82 Å². The zero-order valence-electron chi connectivity index (χ0n) is 11.8. The minimum absolute atomic E-state index is 0.0351. The molecule has 1 aromatic heterocycles. The molecule has 0 aliphatic carbocycles. The van der Waals surface area contributed by atoms with Gasteiger partial charge < -0.3 is 14.8 Å². The largest absolute Gasteiger partial charge is 0.489 e. The van der Waals surface area contributed by atoms with Crippen LogP contribution < -0.4 is 14.8 Å². The van der Waals surface area contributed by atoms with Crippen LogP contribution in [-0.2, 0) is 0 Å². The third kappa shape index (κ3) is 2.99. The number of aromatic nitrogens is 2. The predicted octanol–water partition coefficient (Wildman–Crippen LogP) is 2.54. The van der Waals surface area contributed by atoms with E-state index in [1.165, 1.54) is 25.6 Å². The highest BCUT2D eigenvalue weighted by molar-refractivity contribution is 5.56. The second kappa shape index (κ2) is 6.04. The zero-order chi connectivity index (χ0) is 15.4. The number of methoxy groups -OCH3 is 1. The summed E-state index contributed by atoms with van der Waals surface area (Å²) in [4.78, 5) is 18.4. The van der Waals surface area contributed by atoms with Crippen molar-refractivity contribution >= 4 is 11.5 Å². The maximum absolute atomic E-state index is 10.8. The van der Waals surface area contributed by atoms with Crippen molar-refractivity contribution in [1.82, 2.24) is 9.97 Å². The molecule has 0 unspecified atom stereocenters. The number of hydrogen-bond acceptors (Lipinski definition) is 7. The van der Waals surface area contributed by atoms with Crippen LogP contribution in [0, 0.1) is 17.0 Å². The number of aryl methyl sites for hydroxylation is 1. The fraction of sp³-hybridized carbons (Fsp3) is 0.231. The second-order valence-corrected chi connectivity index (χ2v) is 4.12. The summed E-state index contributed by atoms with van der Waals surface area (Å²) in [6.07, 6.45) is 1.34. The Morgan fingerprint density at radius 3 is 2.67 bits per heavy atom. The molecule has 2 rings (SSSR count). The number of nitro benzene ring substituents is 1. The molecule has 1 heterocycles. The molecule has 1 N–H and O–H groups in total. The summed E-state index contributed by atoms with van der Waals surface area (Å²) < 4.78 is 10.8. The molecule has 8 nitrogen and oxygen atoms in total. The number of nitrogens with one attached hydrogen (secondary N) is 1. The van der Waals surface area contributed by atoms with Crippen molar-refractivity contribution in [3.63, 3.8) is 0 Å². The van der Waals surface area contributed by atoms with Crippen LogP contribution in [-0.4, -0.2) is 29.0 Å². The van der Waals surface area contributed by atoms with E-state index in [0.717, 1.165) is 0 Å². The fourth-order valence-electron chi connectivity index (χ4n) is 1.80. The third-order valence-electron chi connectivity index (χ3n) is 2.79. The predicted molar refractivity (Wildman–Crippen MR) is 76.0 cm³/mol. The summed E-state index contributed by atoms with van der Waals surface area (Å²) >= 11 is 0. The van der Waals surface area contributed by atoms with Gasteiger partial charge in [0.05, 0.1) is 12.0 Å². The van der Waals surface area contributed by atoms with Crippen LogP contribution in [0.25, 0.3) is 0 Å². The normalized spacial score (nSPS) is 10.0. The lowest BCUT2D eigenvalue weighted by Crippen LogP contribution is -2.01. The van der Waals surface area contributed by atoms with E-state index < -0.39 is 4.92 Å². The maximum Gasteiger partial charge on any atom is 0.272 e. The summed E-state index contributed by atoms with van der Waals surface area (Å²) in [6.45, 7) is 1.64. The van der Waals surface area contributed by atoms with Crippen molar-refractivity contribution in [2.45, 2.75) is 6.92 Å². The van der Waals surface area contributed by atoms with Gasteiger partial charge in [0.25, 0.3) is 11.6 Å². The van der Waals surface area contributed by atoms with Gasteiger partial charge in [-0.05, 0) is 19.1 Å².